The number of hydrogen-bond donors (Lipinski definition) is 1. The van der Waals surface area contributed by atoms with Crippen molar-refractivity contribution < 1.29 is 9.18 Å². The molecule has 1 amide bonds. The maximum absolute atomic E-state index is 13.7. The van der Waals surface area contributed by atoms with Gasteiger partial charge in [0.2, 0.25) is 0 Å². The zero-order chi connectivity index (χ0) is 15.5. The lowest BCUT2D eigenvalue weighted by atomic mass is 9.82. The summed E-state index contributed by atoms with van der Waals surface area (Å²) >= 11 is 0. The molecule has 0 spiro atoms. The molecule has 0 saturated heterocycles. The van der Waals surface area contributed by atoms with Crippen molar-refractivity contribution in [2.75, 3.05) is 0 Å². The minimum atomic E-state index is -0.615. The number of hydrogen-bond acceptors (Lipinski definition) is 2. The summed E-state index contributed by atoms with van der Waals surface area (Å²) in [6, 6.07) is 10.9. The maximum Gasteiger partial charge on any atom is 0.254 e. The molecule has 1 atom stereocenters. The largest absolute Gasteiger partial charge is 0.345 e. The fourth-order valence-electron chi connectivity index (χ4n) is 2.21. The molecule has 21 heavy (non-hydrogen) atoms. The lowest BCUT2D eigenvalue weighted by Gasteiger charge is -2.32. The van der Waals surface area contributed by atoms with Crippen LogP contribution in [-0.2, 0) is 0 Å². The Bertz CT molecular complexity index is 620. The molecule has 0 saturated carbocycles. The molecule has 0 bridgehead atoms. The van der Waals surface area contributed by atoms with E-state index < -0.39 is 11.7 Å². The molecular formula is C17H19FN2O. The summed E-state index contributed by atoms with van der Waals surface area (Å²) in [5, 5.41) is 2.92. The van der Waals surface area contributed by atoms with Gasteiger partial charge in [0, 0.05) is 6.20 Å². The van der Waals surface area contributed by atoms with Crippen molar-refractivity contribution in [2.45, 2.75) is 26.8 Å². The van der Waals surface area contributed by atoms with E-state index >= 15 is 0 Å². The predicted octanol–water partition coefficient (Wildman–Crippen LogP) is 3.74. The van der Waals surface area contributed by atoms with Gasteiger partial charge in [-0.15, -0.1) is 0 Å². The Hall–Kier alpha value is -2.23. The molecule has 0 fully saturated rings. The number of nitrogens with one attached hydrogen (secondary N) is 1. The van der Waals surface area contributed by atoms with Crippen molar-refractivity contribution >= 4 is 5.91 Å². The summed E-state index contributed by atoms with van der Waals surface area (Å²) in [4.78, 5) is 16.0. The van der Waals surface area contributed by atoms with Crippen LogP contribution in [0.4, 0.5) is 4.39 Å². The van der Waals surface area contributed by atoms with Crippen LogP contribution in [0.3, 0.4) is 0 Å². The number of aromatic nitrogens is 1. The van der Waals surface area contributed by atoms with E-state index in [0.29, 0.717) is 0 Å². The molecule has 2 aromatic rings. The first-order valence-corrected chi connectivity index (χ1v) is 6.85. The summed E-state index contributed by atoms with van der Waals surface area (Å²) < 4.78 is 13.7. The molecule has 1 heterocycles. The fraction of sp³-hybridized carbons (Fsp3) is 0.294. The molecule has 1 aromatic carbocycles. The van der Waals surface area contributed by atoms with Gasteiger partial charge in [-0.25, -0.2) is 4.39 Å². The van der Waals surface area contributed by atoms with Gasteiger partial charge in [0.1, 0.15) is 0 Å². The van der Waals surface area contributed by atoms with Gasteiger partial charge in [-0.2, -0.15) is 0 Å². The molecule has 1 N–H and O–H groups in total. The third kappa shape index (κ3) is 3.66. The minimum Gasteiger partial charge on any atom is -0.345 e. The second kappa shape index (κ2) is 6.04. The number of rotatable bonds is 3. The third-order valence-electron chi connectivity index (χ3n) is 3.29. The van der Waals surface area contributed by atoms with E-state index in [-0.39, 0.29) is 17.0 Å². The predicted molar refractivity (Wildman–Crippen MR) is 80.3 cm³/mol. The summed E-state index contributed by atoms with van der Waals surface area (Å²) in [5.41, 5.74) is 0.809. The first kappa shape index (κ1) is 15.2. The minimum absolute atomic E-state index is 0.00943. The van der Waals surface area contributed by atoms with E-state index in [4.69, 9.17) is 0 Å². The van der Waals surface area contributed by atoms with E-state index in [0.717, 1.165) is 11.8 Å². The van der Waals surface area contributed by atoms with Gasteiger partial charge in [0.15, 0.2) is 5.82 Å². The molecule has 3 nitrogen and oxygen atoms in total. The van der Waals surface area contributed by atoms with Crippen LogP contribution < -0.4 is 5.32 Å². The molecule has 110 valence electrons. The van der Waals surface area contributed by atoms with Gasteiger partial charge in [-0.05, 0) is 17.0 Å². The molecule has 1 unspecified atom stereocenters. The van der Waals surface area contributed by atoms with Crippen LogP contribution in [0, 0.1) is 11.2 Å². The molecule has 0 aliphatic carbocycles. The number of nitrogens with zero attached hydrogens (tertiary/aromatic N) is 1. The van der Waals surface area contributed by atoms with Crippen LogP contribution in [0.15, 0.2) is 48.8 Å². The van der Waals surface area contributed by atoms with Crippen LogP contribution in [0.5, 0.6) is 0 Å². The third-order valence-corrected chi connectivity index (χ3v) is 3.29. The highest BCUT2D eigenvalue weighted by Gasteiger charge is 2.28. The number of amides is 1. The van der Waals surface area contributed by atoms with E-state index in [1.165, 1.54) is 12.3 Å². The van der Waals surface area contributed by atoms with E-state index in [2.05, 4.69) is 10.3 Å². The Balaban J connectivity index is 2.29. The topological polar surface area (TPSA) is 42.0 Å². The number of pyridine rings is 1. The molecule has 2 rings (SSSR count). The lowest BCUT2D eigenvalue weighted by Crippen LogP contribution is -2.37. The van der Waals surface area contributed by atoms with E-state index in [1.807, 2.05) is 51.1 Å². The maximum atomic E-state index is 13.7. The van der Waals surface area contributed by atoms with Crippen LogP contribution in [0.1, 0.15) is 42.7 Å². The highest BCUT2D eigenvalue weighted by atomic mass is 19.1. The van der Waals surface area contributed by atoms with Gasteiger partial charge in [0.05, 0.1) is 17.8 Å². The average Bonchev–Trinajstić information content (AvgIpc) is 2.44. The molecule has 1 aromatic heterocycles. The SMILES string of the molecule is CC(C)(C)C(NC(=O)c1ccncc1F)c1ccccc1. The Morgan fingerprint density at radius 3 is 2.43 bits per heavy atom. The Labute approximate surface area is 124 Å². The Morgan fingerprint density at radius 1 is 1.19 bits per heavy atom. The van der Waals surface area contributed by atoms with Gasteiger partial charge in [0.25, 0.3) is 5.91 Å². The normalized spacial score (nSPS) is 12.8. The molecule has 0 aliphatic rings. The molecule has 0 radical (unpaired) electrons. The van der Waals surface area contributed by atoms with Crippen molar-refractivity contribution in [1.29, 1.82) is 0 Å². The number of benzene rings is 1. The Kier molecular flexibility index (Phi) is 4.36. The molecular weight excluding hydrogens is 267 g/mol. The van der Waals surface area contributed by atoms with E-state index in [9.17, 15) is 9.18 Å². The second-order valence-corrected chi connectivity index (χ2v) is 6.04. The number of halogens is 1. The average molecular weight is 286 g/mol. The number of carbonyl (C=O) groups is 1. The van der Waals surface area contributed by atoms with Crippen molar-refractivity contribution in [3.05, 3.63) is 65.7 Å². The Morgan fingerprint density at radius 2 is 1.86 bits per heavy atom. The van der Waals surface area contributed by atoms with Gasteiger partial charge >= 0.3 is 0 Å². The monoisotopic (exact) mass is 286 g/mol. The van der Waals surface area contributed by atoms with Gasteiger partial charge in [-0.1, -0.05) is 51.1 Å². The fourth-order valence-corrected chi connectivity index (χ4v) is 2.21. The lowest BCUT2D eigenvalue weighted by molar-refractivity contribution is 0.0897. The quantitative estimate of drug-likeness (QED) is 0.934. The summed E-state index contributed by atoms with van der Waals surface area (Å²) in [6.07, 6.45) is 2.45. The van der Waals surface area contributed by atoms with Crippen LogP contribution >= 0.6 is 0 Å². The highest BCUT2D eigenvalue weighted by Crippen LogP contribution is 2.32. The summed E-state index contributed by atoms with van der Waals surface area (Å²) in [6.45, 7) is 6.11. The standard InChI is InChI=1S/C17H19FN2O/c1-17(2,3)15(12-7-5-4-6-8-12)20-16(21)13-9-10-19-11-14(13)18/h4-11,15H,1-3H3,(H,20,21). The first-order valence-electron chi connectivity index (χ1n) is 6.85. The zero-order valence-electron chi connectivity index (χ0n) is 12.4. The molecule has 4 heteroatoms. The van der Waals surface area contributed by atoms with Gasteiger partial charge < -0.3 is 5.32 Å². The van der Waals surface area contributed by atoms with Crippen LogP contribution in [0.25, 0.3) is 0 Å². The van der Waals surface area contributed by atoms with Crippen LogP contribution in [-0.4, -0.2) is 10.9 Å². The molecule has 0 aliphatic heterocycles. The van der Waals surface area contributed by atoms with Crippen molar-refractivity contribution in [3.63, 3.8) is 0 Å². The number of carbonyl (C=O) groups excluding carboxylic acids is 1. The van der Waals surface area contributed by atoms with Crippen molar-refractivity contribution in [2.24, 2.45) is 5.41 Å². The smallest absolute Gasteiger partial charge is 0.254 e. The van der Waals surface area contributed by atoms with Gasteiger partial charge in [-0.3, -0.25) is 9.78 Å². The summed E-state index contributed by atoms with van der Waals surface area (Å²) in [5.74, 6) is -1.05. The van der Waals surface area contributed by atoms with Crippen molar-refractivity contribution in [1.82, 2.24) is 10.3 Å². The van der Waals surface area contributed by atoms with Crippen LogP contribution in [0.2, 0.25) is 0 Å². The van der Waals surface area contributed by atoms with E-state index in [1.54, 1.807) is 0 Å². The zero-order valence-corrected chi connectivity index (χ0v) is 12.4. The first-order chi connectivity index (χ1) is 9.89. The summed E-state index contributed by atoms with van der Waals surface area (Å²) in [7, 11) is 0. The van der Waals surface area contributed by atoms with Crippen molar-refractivity contribution in [3.8, 4) is 0 Å². The second-order valence-electron chi connectivity index (χ2n) is 6.04. The highest BCUT2D eigenvalue weighted by molar-refractivity contribution is 5.94.